The maximum Gasteiger partial charge on any atom is 0.127 e. The summed E-state index contributed by atoms with van der Waals surface area (Å²) in [5, 5.41) is 12.3. The molecule has 0 aliphatic carbocycles. The number of aliphatic hydroxyl groups excluding tert-OH is 1. The minimum atomic E-state index is -0.196. The zero-order valence-electron chi connectivity index (χ0n) is 10.1. The summed E-state index contributed by atoms with van der Waals surface area (Å²) in [4.78, 5) is 0. The van der Waals surface area contributed by atoms with E-state index in [1.54, 1.807) is 6.07 Å². The fourth-order valence-electron chi connectivity index (χ4n) is 1.59. The second kappa shape index (κ2) is 5.97. The molecule has 16 heavy (non-hydrogen) atoms. The van der Waals surface area contributed by atoms with Crippen molar-refractivity contribution < 1.29 is 9.50 Å². The van der Waals surface area contributed by atoms with Crippen molar-refractivity contribution in [1.82, 2.24) is 5.32 Å². The number of halogens is 1. The lowest BCUT2D eigenvalue weighted by molar-refractivity contribution is 0.209. The summed E-state index contributed by atoms with van der Waals surface area (Å²) in [6.45, 7) is 6.53. The maximum absolute atomic E-state index is 13.4. The van der Waals surface area contributed by atoms with Gasteiger partial charge in [0.05, 0.1) is 6.61 Å². The molecule has 0 bridgehead atoms. The third-order valence-corrected chi connectivity index (χ3v) is 2.76. The second-order valence-electron chi connectivity index (χ2n) is 4.51. The summed E-state index contributed by atoms with van der Waals surface area (Å²) in [7, 11) is 0. The first-order chi connectivity index (χ1) is 7.54. The Morgan fingerprint density at radius 3 is 2.62 bits per heavy atom. The van der Waals surface area contributed by atoms with Crippen LogP contribution in [0.3, 0.4) is 0 Å². The summed E-state index contributed by atoms with van der Waals surface area (Å²) < 4.78 is 13.4. The smallest absolute Gasteiger partial charge is 0.127 e. The molecular weight excluding hydrogens is 205 g/mol. The largest absolute Gasteiger partial charge is 0.395 e. The number of rotatable bonds is 5. The van der Waals surface area contributed by atoms with E-state index >= 15 is 0 Å². The molecule has 0 fully saturated rings. The Morgan fingerprint density at radius 1 is 1.38 bits per heavy atom. The van der Waals surface area contributed by atoms with Gasteiger partial charge in [-0.15, -0.1) is 0 Å². The van der Waals surface area contributed by atoms with Crippen LogP contribution in [-0.4, -0.2) is 17.8 Å². The average molecular weight is 225 g/mol. The van der Waals surface area contributed by atoms with Crippen molar-refractivity contribution in [2.24, 2.45) is 5.92 Å². The van der Waals surface area contributed by atoms with Gasteiger partial charge in [-0.3, -0.25) is 0 Å². The number of hydrogen-bond donors (Lipinski definition) is 2. The van der Waals surface area contributed by atoms with Crippen molar-refractivity contribution in [3.8, 4) is 0 Å². The van der Waals surface area contributed by atoms with Crippen molar-refractivity contribution in [3.63, 3.8) is 0 Å². The molecule has 0 aromatic heterocycles. The van der Waals surface area contributed by atoms with E-state index in [1.165, 1.54) is 6.07 Å². The lowest BCUT2D eigenvalue weighted by atomic mass is 10.0. The molecule has 90 valence electrons. The minimum Gasteiger partial charge on any atom is -0.395 e. The molecule has 0 aliphatic heterocycles. The van der Waals surface area contributed by atoms with E-state index in [0.29, 0.717) is 18.0 Å². The highest BCUT2D eigenvalue weighted by atomic mass is 19.1. The number of aryl methyl sites for hydroxylation is 1. The molecule has 0 saturated heterocycles. The normalized spacial score (nSPS) is 13.1. The summed E-state index contributed by atoms with van der Waals surface area (Å²) in [5.74, 6) is 0.136. The molecule has 0 aliphatic rings. The van der Waals surface area contributed by atoms with Gasteiger partial charge in [0, 0.05) is 18.2 Å². The van der Waals surface area contributed by atoms with E-state index in [1.807, 2.05) is 26.8 Å². The standard InChI is InChI=1S/C13H20FNO/c1-9(2)13(8-16)15-7-11-6-10(3)4-5-12(11)14/h4-6,9,13,15-16H,7-8H2,1-3H3. The molecule has 2 nitrogen and oxygen atoms in total. The molecule has 0 spiro atoms. The topological polar surface area (TPSA) is 32.3 Å². The zero-order valence-corrected chi connectivity index (χ0v) is 10.1. The Kier molecular flexibility index (Phi) is 4.90. The fourth-order valence-corrected chi connectivity index (χ4v) is 1.59. The Balaban J connectivity index is 2.63. The Labute approximate surface area is 96.5 Å². The van der Waals surface area contributed by atoms with Crippen LogP contribution in [0.5, 0.6) is 0 Å². The van der Waals surface area contributed by atoms with Gasteiger partial charge in [-0.25, -0.2) is 4.39 Å². The molecule has 1 rings (SSSR count). The quantitative estimate of drug-likeness (QED) is 0.805. The monoisotopic (exact) mass is 225 g/mol. The van der Waals surface area contributed by atoms with E-state index < -0.39 is 0 Å². The van der Waals surface area contributed by atoms with Crippen molar-refractivity contribution in [3.05, 3.63) is 35.1 Å². The fraction of sp³-hybridized carbons (Fsp3) is 0.538. The first kappa shape index (κ1) is 13.1. The first-order valence-corrected chi connectivity index (χ1v) is 5.64. The molecule has 1 aromatic rings. The molecule has 1 atom stereocenters. The van der Waals surface area contributed by atoms with Gasteiger partial charge in [-0.2, -0.15) is 0 Å². The van der Waals surface area contributed by atoms with Crippen LogP contribution in [0.1, 0.15) is 25.0 Å². The third kappa shape index (κ3) is 3.58. The van der Waals surface area contributed by atoms with Crippen LogP contribution in [0.4, 0.5) is 4.39 Å². The van der Waals surface area contributed by atoms with E-state index in [2.05, 4.69) is 5.32 Å². The van der Waals surface area contributed by atoms with Crippen LogP contribution in [0, 0.1) is 18.7 Å². The van der Waals surface area contributed by atoms with Crippen LogP contribution in [0.2, 0.25) is 0 Å². The predicted molar refractivity (Wildman–Crippen MR) is 63.7 cm³/mol. The van der Waals surface area contributed by atoms with Gasteiger partial charge in [0.25, 0.3) is 0 Å². The second-order valence-corrected chi connectivity index (χ2v) is 4.51. The van der Waals surface area contributed by atoms with Crippen molar-refractivity contribution in [2.75, 3.05) is 6.61 Å². The van der Waals surface area contributed by atoms with Gasteiger partial charge < -0.3 is 10.4 Å². The van der Waals surface area contributed by atoms with Gasteiger partial charge in [-0.05, 0) is 18.9 Å². The summed E-state index contributed by atoms with van der Waals surface area (Å²) in [6.07, 6.45) is 0. The molecule has 0 amide bonds. The maximum atomic E-state index is 13.4. The molecular formula is C13H20FNO. The van der Waals surface area contributed by atoms with E-state index in [0.717, 1.165) is 5.56 Å². The van der Waals surface area contributed by atoms with Gasteiger partial charge >= 0.3 is 0 Å². The van der Waals surface area contributed by atoms with Crippen LogP contribution in [0.15, 0.2) is 18.2 Å². The van der Waals surface area contributed by atoms with Gasteiger partial charge in [0.1, 0.15) is 5.82 Å². The highest BCUT2D eigenvalue weighted by Crippen LogP contribution is 2.10. The summed E-state index contributed by atoms with van der Waals surface area (Å²) in [5.41, 5.74) is 1.70. The number of hydrogen-bond acceptors (Lipinski definition) is 2. The molecule has 2 N–H and O–H groups in total. The van der Waals surface area contributed by atoms with Crippen LogP contribution in [0.25, 0.3) is 0 Å². The van der Waals surface area contributed by atoms with Gasteiger partial charge in [-0.1, -0.05) is 31.5 Å². The Morgan fingerprint density at radius 2 is 2.06 bits per heavy atom. The van der Waals surface area contributed by atoms with Crippen molar-refractivity contribution in [1.29, 1.82) is 0 Å². The van der Waals surface area contributed by atoms with Crippen molar-refractivity contribution >= 4 is 0 Å². The number of aliphatic hydroxyl groups is 1. The molecule has 0 saturated carbocycles. The molecule has 1 aromatic carbocycles. The van der Waals surface area contributed by atoms with Gasteiger partial charge in [0.2, 0.25) is 0 Å². The number of nitrogens with one attached hydrogen (secondary N) is 1. The SMILES string of the molecule is Cc1ccc(F)c(CNC(CO)C(C)C)c1. The minimum absolute atomic E-state index is 0.0138. The molecule has 3 heteroatoms. The molecule has 0 heterocycles. The third-order valence-electron chi connectivity index (χ3n) is 2.76. The van der Waals surface area contributed by atoms with Crippen molar-refractivity contribution in [2.45, 2.75) is 33.4 Å². The summed E-state index contributed by atoms with van der Waals surface area (Å²) >= 11 is 0. The highest BCUT2D eigenvalue weighted by Gasteiger charge is 2.12. The van der Waals surface area contributed by atoms with Crippen LogP contribution >= 0.6 is 0 Å². The van der Waals surface area contributed by atoms with E-state index in [4.69, 9.17) is 5.11 Å². The van der Waals surface area contributed by atoms with Crippen LogP contribution in [-0.2, 0) is 6.54 Å². The average Bonchev–Trinajstić information content (AvgIpc) is 2.23. The summed E-state index contributed by atoms with van der Waals surface area (Å²) in [6, 6.07) is 5.08. The lowest BCUT2D eigenvalue weighted by Crippen LogP contribution is -2.36. The Hall–Kier alpha value is -0.930. The highest BCUT2D eigenvalue weighted by molar-refractivity contribution is 5.23. The lowest BCUT2D eigenvalue weighted by Gasteiger charge is -2.20. The Bertz CT molecular complexity index is 339. The number of benzene rings is 1. The van der Waals surface area contributed by atoms with Crippen LogP contribution < -0.4 is 5.32 Å². The first-order valence-electron chi connectivity index (χ1n) is 5.64. The van der Waals surface area contributed by atoms with E-state index in [-0.39, 0.29) is 18.5 Å². The predicted octanol–water partition coefficient (Wildman–Crippen LogP) is 2.24. The van der Waals surface area contributed by atoms with E-state index in [9.17, 15) is 4.39 Å². The molecule has 1 unspecified atom stereocenters. The van der Waals surface area contributed by atoms with Gasteiger partial charge in [0.15, 0.2) is 0 Å². The zero-order chi connectivity index (χ0) is 12.1. The molecule has 0 radical (unpaired) electrons.